The Balaban J connectivity index is 1.87. The Bertz CT molecular complexity index is 499. The number of hydrogen-bond acceptors (Lipinski definition) is 3. The molecule has 1 heterocycles. The number of aryl methyl sites for hydroxylation is 1. The molecule has 0 amide bonds. The number of nitrogens with one attached hydrogen (secondary N) is 2. The maximum Gasteiger partial charge on any atom is 0.191 e. The number of aliphatic imine (C=N–C) groups is 1. The van der Waals surface area contributed by atoms with Gasteiger partial charge in [0.2, 0.25) is 0 Å². The standard InChI is InChI=1S/C17H30N6/c1-4-10-18-17(21-15-8-6-14(3)7-9-15)19-11-12-23-13-20-22-16(23)5-2/h4,13-15H,1,5-12H2,2-3H3,(H2,18,19,21). The smallest absolute Gasteiger partial charge is 0.191 e. The highest BCUT2D eigenvalue weighted by atomic mass is 15.3. The van der Waals surface area contributed by atoms with Gasteiger partial charge in [-0.15, -0.1) is 16.8 Å². The zero-order valence-electron chi connectivity index (χ0n) is 14.5. The highest BCUT2D eigenvalue weighted by molar-refractivity contribution is 5.80. The molecule has 6 heteroatoms. The predicted molar refractivity (Wildman–Crippen MR) is 94.5 cm³/mol. The summed E-state index contributed by atoms with van der Waals surface area (Å²) in [6, 6.07) is 0.531. The van der Waals surface area contributed by atoms with E-state index in [4.69, 9.17) is 4.99 Å². The number of nitrogens with zero attached hydrogens (tertiary/aromatic N) is 4. The topological polar surface area (TPSA) is 67.1 Å². The van der Waals surface area contributed by atoms with E-state index in [0.717, 1.165) is 37.2 Å². The molecular weight excluding hydrogens is 288 g/mol. The quantitative estimate of drug-likeness (QED) is 0.459. The average molecular weight is 318 g/mol. The third kappa shape index (κ3) is 5.69. The molecule has 1 aromatic rings. The SMILES string of the molecule is C=CCNC(=NCCn1cnnc1CC)NC1CCC(C)CC1. The number of hydrogen-bond donors (Lipinski definition) is 2. The molecule has 0 bridgehead atoms. The first-order valence-corrected chi connectivity index (χ1v) is 8.75. The molecule has 0 radical (unpaired) electrons. The maximum absolute atomic E-state index is 4.69. The molecular formula is C17H30N6. The molecule has 0 aliphatic heterocycles. The van der Waals surface area contributed by atoms with Crippen molar-refractivity contribution in [3.8, 4) is 0 Å². The Kier molecular flexibility index (Phi) is 7.10. The van der Waals surface area contributed by atoms with Gasteiger partial charge in [-0.3, -0.25) is 4.99 Å². The number of guanidine groups is 1. The molecule has 1 fully saturated rings. The molecule has 128 valence electrons. The van der Waals surface area contributed by atoms with E-state index in [0.29, 0.717) is 12.6 Å². The van der Waals surface area contributed by atoms with E-state index < -0.39 is 0 Å². The summed E-state index contributed by atoms with van der Waals surface area (Å²) in [6.07, 6.45) is 9.57. The second-order valence-corrected chi connectivity index (χ2v) is 6.30. The molecule has 0 unspecified atom stereocenters. The lowest BCUT2D eigenvalue weighted by Crippen LogP contribution is -2.45. The number of aromatic nitrogens is 3. The van der Waals surface area contributed by atoms with Crippen molar-refractivity contribution in [3.63, 3.8) is 0 Å². The molecule has 6 nitrogen and oxygen atoms in total. The third-order valence-electron chi connectivity index (χ3n) is 4.39. The van der Waals surface area contributed by atoms with Gasteiger partial charge in [0.25, 0.3) is 0 Å². The van der Waals surface area contributed by atoms with Crippen LogP contribution in [0.4, 0.5) is 0 Å². The predicted octanol–water partition coefficient (Wildman–Crippen LogP) is 2.14. The Morgan fingerprint density at radius 2 is 2.22 bits per heavy atom. The molecule has 23 heavy (non-hydrogen) atoms. The fraction of sp³-hybridized carbons (Fsp3) is 0.706. The van der Waals surface area contributed by atoms with Crippen LogP contribution in [0.2, 0.25) is 0 Å². The van der Waals surface area contributed by atoms with Crippen LogP contribution in [0.3, 0.4) is 0 Å². The van der Waals surface area contributed by atoms with E-state index in [9.17, 15) is 0 Å². The Labute approximate surface area is 139 Å². The van der Waals surface area contributed by atoms with E-state index >= 15 is 0 Å². The van der Waals surface area contributed by atoms with Crippen molar-refractivity contribution < 1.29 is 0 Å². The van der Waals surface area contributed by atoms with Gasteiger partial charge >= 0.3 is 0 Å². The second kappa shape index (κ2) is 9.33. The van der Waals surface area contributed by atoms with Crippen LogP contribution >= 0.6 is 0 Å². The van der Waals surface area contributed by atoms with Crippen LogP contribution in [0.5, 0.6) is 0 Å². The molecule has 2 rings (SSSR count). The maximum atomic E-state index is 4.69. The minimum atomic E-state index is 0.531. The number of rotatable bonds is 7. The van der Waals surface area contributed by atoms with E-state index in [-0.39, 0.29) is 0 Å². The lowest BCUT2D eigenvalue weighted by molar-refractivity contribution is 0.329. The summed E-state index contributed by atoms with van der Waals surface area (Å²) in [6.45, 7) is 10.4. The summed E-state index contributed by atoms with van der Waals surface area (Å²) in [5.74, 6) is 2.75. The fourth-order valence-corrected chi connectivity index (χ4v) is 2.93. The summed E-state index contributed by atoms with van der Waals surface area (Å²) in [5, 5.41) is 15.0. The Hall–Kier alpha value is -1.85. The molecule has 1 saturated carbocycles. The molecule has 0 atom stereocenters. The second-order valence-electron chi connectivity index (χ2n) is 6.30. The molecule has 2 N–H and O–H groups in total. The first-order chi connectivity index (χ1) is 11.2. The van der Waals surface area contributed by atoms with Gasteiger partial charge in [-0.1, -0.05) is 19.9 Å². The summed E-state index contributed by atoms with van der Waals surface area (Å²) < 4.78 is 2.07. The first kappa shape index (κ1) is 17.5. The van der Waals surface area contributed by atoms with Crippen LogP contribution in [0, 0.1) is 5.92 Å². The Morgan fingerprint density at radius 3 is 2.91 bits per heavy atom. The lowest BCUT2D eigenvalue weighted by atomic mass is 9.87. The van der Waals surface area contributed by atoms with Crippen molar-refractivity contribution in [1.82, 2.24) is 25.4 Å². The monoisotopic (exact) mass is 318 g/mol. The molecule has 1 aliphatic carbocycles. The summed E-state index contributed by atoms with van der Waals surface area (Å²) in [4.78, 5) is 4.69. The van der Waals surface area contributed by atoms with E-state index in [1.807, 2.05) is 6.08 Å². The van der Waals surface area contributed by atoms with Crippen molar-refractivity contribution in [2.75, 3.05) is 13.1 Å². The lowest BCUT2D eigenvalue weighted by Gasteiger charge is -2.28. The van der Waals surface area contributed by atoms with Gasteiger partial charge in [0.1, 0.15) is 12.2 Å². The van der Waals surface area contributed by atoms with Crippen molar-refractivity contribution in [2.45, 2.75) is 58.5 Å². The van der Waals surface area contributed by atoms with Crippen molar-refractivity contribution in [2.24, 2.45) is 10.9 Å². The highest BCUT2D eigenvalue weighted by Gasteiger charge is 2.18. The van der Waals surface area contributed by atoms with Gasteiger partial charge in [-0.2, -0.15) is 0 Å². The van der Waals surface area contributed by atoms with Crippen LogP contribution < -0.4 is 10.6 Å². The zero-order chi connectivity index (χ0) is 16.5. The highest BCUT2D eigenvalue weighted by Crippen LogP contribution is 2.23. The molecule has 1 aliphatic rings. The summed E-state index contributed by atoms with van der Waals surface area (Å²) >= 11 is 0. The first-order valence-electron chi connectivity index (χ1n) is 8.75. The van der Waals surface area contributed by atoms with E-state index in [2.05, 4.69) is 45.8 Å². The summed E-state index contributed by atoms with van der Waals surface area (Å²) in [7, 11) is 0. The average Bonchev–Trinajstić information content (AvgIpc) is 3.02. The van der Waals surface area contributed by atoms with Crippen LogP contribution in [0.25, 0.3) is 0 Å². The largest absolute Gasteiger partial charge is 0.354 e. The normalized spacial score (nSPS) is 21.9. The van der Waals surface area contributed by atoms with Crippen molar-refractivity contribution in [3.05, 3.63) is 24.8 Å². The van der Waals surface area contributed by atoms with E-state index in [1.54, 1.807) is 6.33 Å². The van der Waals surface area contributed by atoms with Crippen molar-refractivity contribution >= 4 is 5.96 Å². The van der Waals surface area contributed by atoms with Crippen LogP contribution in [-0.2, 0) is 13.0 Å². The molecule has 0 aromatic carbocycles. The molecule has 0 spiro atoms. The van der Waals surface area contributed by atoms with Gasteiger partial charge in [0.15, 0.2) is 5.96 Å². The third-order valence-corrected chi connectivity index (χ3v) is 4.39. The van der Waals surface area contributed by atoms with Gasteiger partial charge in [0, 0.05) is 25.6 Å². The van der Waals surface area contributed by atoms with E-state index in [1.165, 1.54) is 25.7 Å². The minimum Gasteiger partial charge on any atom is -0.354 e. The van der Waals surface area contributed by atoms with Gasteiger partial charge in [-0.25, -0.2) is 0 Å². The Morgan fingerprint density at radius 1 is 1.43 bits per heavy atom. The molecule has 0 saturated heterocycles. The van der Waals surface area contributed by atoms with Gasteiger partial charge in [0.05, 0.1) is 6.54 Å². The van der Waals surface area contributed by atoms with Crippen LogP contribution in [0.15, 0.2) is 24.0 Å². The van der Waals surface area contributed by atoms with Gasteiger partial charge < -0.3 is 15.2 Å². The van der Waals surface area contributed by atoms with Crippen molar-refractivity contribution in [1.29, 1.82) is 0 Å². The van der Waals surface area contributed by atoms with Crippen LogP contribution in [-0.4, -0.2) is 39.9 Å². The van der Waals surface area contributed by atoms with Gasteiger partial charge in [-0.05, 0) is 31.6 Å². The zero-order valence-corrected chi connectivity index (χ0v) is 14.5. The minimum absolute atomic E-state index is 0.531. The fourth-order valence-electron chi connectivity index (χ4n) is 2.93. The van der Waals surface area contributed by atoms with Crippen LogP contribution in [0.1, 0.15) is 45.4 Å². The molecule has 1 aromatic heterocycles. The summed E-state index contributed by atoms with van der Waals surface area (Å²) in [5.41, 5.74) is 0.